The second-order valence-corrected chi connectivity index (χ2v) is 4.48. The van der Waals surface area contributed by atoms with E-state index in [0.29, 0.717) is 18.5 Å². The summed E-state index contributed by atoms with van der Waals surface area (Å²) in [6.07, 6.45) is 5.62. The lowest BCUT2D eigenvalue weighted by atomic mass is 10.1. The Labute approximate surface area is 113 Å². The summed E-state index contributed by atoms with van der Waals surface area (Å²) >= 11 is 0. The smallest absolute Gasteiger partial charge is 0.258 e. The Hall–Kier alpha value is -2.03. The molecule has 3 heteroatoms. The van der Waals surface area contributed by atoms with Crippen LogP contribution in [0.4, 0.5) is 0 Å². The molecule has 0 saturated heterocycles. The van der Waals surface area contributed by atoms with Gasteiger partial charge in [0.15, 0.2) is 0 Å². The fourth-order valence-electron chi connectivity index (χ4n) is 2.02. The number of unbranched alkanes of at least 4 members (excludes halogenated alkanes) is 1. The topological polar surface area (TPSA) is 31.2 Å². The van der Waals surface area contributed by atoms with Gasteiger partial charge in [-0.15, -0.1) is 6.58 Å². The largest absolute Gasteiger partial charge is 0.493 e. The number of allylic oxidation sites excluding steroid dienone is 1. The number of nitrogens with zero attached hydrogens (tertiary/aromatic N) is 1. The summed E-state index contributed by atoms with van der Waals surface area (Å²) in [6, 6.07) is 7.55. The quantitative estimate of drug-likeness (QED) is 0.587. The van der Waals surface area contributed by atoms with Crippen molar-refractivity contribution in [3.63, 3.8) is 0 Å². The third-order valence-electron chi connectivity index (χ3n) is 3.06. The lowest BCUT2D eigenvalue weighted by Gasteiger charge is -2.10. The molecule has 0 radical (unpaired) electrons. The molecule has 0 bridgehead atoms. The molecule has 19 heavy (non-hydrogen) atoms. The molecular weight excluding hydrogens is 238 g/mol. The molecule has 0 amide bonds. The van der Waals surface area contributed by atoms with E-state index in [1.807, 2.05) is 24.3 Å². The van der Waals surface area contributed by atoms with Crippen molar-refractivity contribution in [1.29, 1.82) is 0 Å². The monoisotopic (exact) mass is 257 g/mol. The van der Waals surface area contributed by atoms with Crippen molar-refractivity contribution in [3.05, 3.63) is 53.5 Å². The second-order valence-electron chi connectivity index (χ2n) is 4.48. The van der Waals surface area contributed by atoms with Gasteiger partial charge in [0.25, 0.3) is 5.56 Å². The molecule has 1 aromatic carbocycles. The van der Waals surface area contributed by atoms with Crippen molar-refractivity contribution in [2.75, 3.05) is 6.61 Å². The van der Waals surface area contributed by atoms with Gasteiger partial charge < -0.3 is 9.30 Å². The summed E-state index contributed by atoms with van der Waals surface area (Å²) in [5.74, 6) is 0.786. The summed E-state index contributed by atoms with van der Waals surface area (Å²) in [4.78, 5) is 12.3. The van der Waals surface area contributed by atoms with Crippen LogP contribution in [0, 0.1) is 0 Å². The van der Waals surface area contributed by atoms with Gasteiger partial charge in [0.2, 0.25) is 0 Å². The van der Waals surface area contributed by atoms with E-state index in [9.17, 15) is 4.79 Å². The van der Waals surface area contributed by atoms with E-state index >= 15 is 0 Å². The van der Waals surface area contributed by atoms with Gasteiger partial charge in [-0.3, -0.25) is 4.79 Å². The predicted molar refractivity (Wildman–Crippen MR) is 78.8 cm³/mol. The fourth-order valence-corrected chi connectivity index (χ4v) is 2.02. The van der Waals surface area contributed by atoms with E-state index in [0.717, 1.165) is 24.0 Å². The van der Waals surface area contributed by atoms with Crippen LogP contribution in [0.5, 0.6) is 5.75 Å². The van der Waals surface area contributed by atoms with Crippen molar-refractivity contribution >= 4 is 10.8 Å². The van der Waals surface area contributed by atoms with E-state index in [-0.39, 0.29) is 5.56 Å². The zero-order valence-electron chi connectivity index (χ0n) is 11.3. The summed E-state index contributed by atoms with van der Waals surface area (Å²) in [5, 5.41) is 1.57. The highest BCUT2D eigenvalue weighted by molar-refractivity contribution is 5.87. The van der Waals surface area contributed by atoms with Crippen LogP contribution in [0.1, 0.15) is 19.8 Å². The molecule has 1 aromatic heterocycles. The van der Waals surface area contributed by atoms with Crippen molar-refractivity contribution in [1.82, 2.24) is 4.57 Å². The third kappa shape index (κ3) is 2.87. The van der Waals surface area contributed by atoms with Gasteiger partial charge in [-0.25, -0.2) is 0 Å². The Morgan fingerprint density at radius 1 is 1.32 bits per heavy atom. The maximum atomic E-state index is 12.3. The van der Waals surface area contributed by atoms with Crippen LogP contribution in [0.3, 0.4) is 0 Å². The van der Waals surface area contributed by atoms with Gasteiger partial charge in [-0.2, -0.15) is 0 Å². The number of hydrogen-bond donors (Lipinski definition) is 0. The van der Waals surface area contributed by atoms with Gasteiger partial charge in [0.05, 0.1) is 12.0 Å². The first-order valence-electron chi connectivity index (χ1n) is 6.63. The molecule has 2 rings (SSSR count). The number of aromatic nitrogens is 1. The average molecular weight is 257 g/mol. The minimum absolute atomic E-state index is 0.00154. The van der Waals surface area contributed by atoms with Crippen molar-refractivity contribution in [2.24, 2.45) is 0 Å². The molecule has 0 saturated carbocycles. The highest BCUT2D eigenvalue weighted by Gasteiger charge is 2.06. The zero-order valence-corrected chi connectivity index (χ0v) is 11.3. The fraction of sp³-hybridized carbons (Fsp3) is 0.312. The lowest BCUT2D eigenvalue weighted by Crippen LogP contribution is -2.18. The summed E-state index contributed by atoms with van der Waals surface area (Å²) in [6.45, 7) is 6.99. The number of ether oxygens (including phenoxy) is 1. The molecule has 3 nitrogen and oxygen atoms in total. The average Bonchev–Trinajstić information content (AvgIpc) is 2.43. The third-order valence-corrected chi connectivity index (χ3v) is 3.06. The van der Waals surface area contributed by atoms with Crippen molar-refractivity contribution in [2.45, 2.75) is 26.3 Å². The zero-order chi connectivity index (χ0) is 13.7. The van der Waals surface area contributed by atoms with Crippen LogP contribution in [-0.2, 0) is 6.54 Å². The second kappa shape index (κ2) is 6.23. The van der Waals surface area contributed by atoms with Gasteiger partial charge in [0.1, 0.15) is 5.75 Å². The molecule has 0 fully saturated rings. The Bertz CT molecular complexity index is 628. The van der Waals surface area contributed by atoms with E-state index < -0.39 is 0 Å². The SMILES string of the molecule is C=CCn1ccc2c(OCCCC)cccc2c1=O. The van der Waals surface area contributed by atoms with Crippen LogP contribution < -0.4 is 10.3 Å². The van der Waals surface area contributed by atoms with Crippen LogP contribution in [0.2, 0.25) is 0 Å². The van der Waals surface area contributed by atoms with Crippen molar-refractivity contribution < 1.29 is 4.74 Å². The Morgan fingerprint density at radius 2 is 2.16 bits per heavy atom. The minimum Gasteiger partial charge on any atom is -0.493 e. The summed E-state index contributed by atoms with van der Waals surface area (Å²) in [7, 11) is 0. The van der Waals surface area contributed by atoms with Gasteiger partial charge in [-0.1, -0.05) is 25.5 Å². The number of hydrogen-bond acceptors (Lipinski definition) is 2. The molecule has 0 aliphatic rings. The molecule has 0 unspecified atom stereocenters. The van der Waals surface area contributed by atoms with Crippen LogP contribution >= 0.6 is 0 Å². The molecule has 0 N–H and O–H groups in total. The maximum absolute atomic E-state index is 12.3. The van der Waals surface area contributed by atoms with Gasteiger partial charge in [-0.05, 0) is 24.6 Å². The van der Waals surface area contributed by atoms with Gasteiger partial charge >= 0.3 is 0 Å². The molecule has 2 aromatic rings. The lowest BCUT2D eigenvalue weighted by molar-refractivity contribution is 0.313. The van der Waals surface area contributed by atoms with E-state index in [4.69, 9.17) is 4.74 Å². The Balaban J connectivity index is 2.43. The van der Waals surface area contributed by atoms with Crippen molar-refractivity contribution in [3.8, 4) is 5.75 Å². The number of fused-ring (bicyclic) bond motifs is 1. The molecule has 100 valence electrons. The number of rotatable bonds is 6. The standard InChI is InChI=1S/C16H19NO2/c1-3-5-12-19-15-8-6-7-14-13(15)9-11-17(10-4-2)16(14)18/h4,6-9,11H,2-3,5,10,12H2,1H3. The van der Waals surface area contributed by atoms with E-state index in [1.165, 1.54) is 0 Å². The Morgan fingerprint density at radius 3 is 2.89 bits per heavy atom. The van der Waals surface area contributed by atoms with Crippen LogP contribution in [0.25, 0.3) is 10.8 Å². The first-order valence-corrected chi connectivity index (χ1v) is 6.63. The molecular formula is C16H19NO2. The highest BCUT2D eigenvalue weighted by atomic mass is 16.5. The normalized spacial score (nSPS) is 10.6. The number of benzene rings is 1. The first-order chi connectivity index (χ1) is 9.27. The maximum Gasteiger partial charge on any atom is 0.258 e. The molecule has 0 spiro atoms. The Kier molecular flexibility index (Phi) is 4.39. The van der Waals surface area contributed by atoms with Crippen LogP contribution in [-0.4, -0.2) is 11.2 Å². The summed E-state index contributed by atoms with van der Waals surface area (Å²) in [5.41, 5.74) is -0.00154. The molecule has 0 atom stereocenters. The minimum atomic E-state index is -0.00154. The predicted octanol–water partition coefficient (Wildman–Crippen LogP) is 3.37. The van der Waals surface area contributed by atoms with E-state index in [1.54, 1.807) is 16.8 Å². The van der Waals surface area contributed by atoms with E-state index in [2.05, 4.69) is 13.5 Å². The first kappa shape index (κ1) is 13.4. The molecule has 0 aliphatic heterocycles. The number of pyridine rings is 1. The highest BCUT2D eigenvalue weighted by Crippen LogP contribution is 2.23. The molecule has 0 aliphatic carbocycles. The van der Waals surface area contributed by atoms with Gasteiger partial charge in [0, 0.05) is 18.1 Å². The van der Waals surface area contributed by atoms with Crippen LogP contribution in [0.15, 0.2) is 47.9 Å². The summed E-state index contributed by atoms with van der Waals surface area (Å²) < 4.78 is 7.39. The molecule has 1 heterocycles.